The summed E-state index contributed by atoms with van der Waals surface area (Å²) in [7, 11) is 0. The zero-order chi connectivity index (χ0) is 14.7. The minimum absolute atomic E-state index is 0.275. The predicted molar refractivity (Wildman–Crippen MR) is 76.0 cm³/mol. The van der Waals surface area contributed by atoms with E-state index in [-0.39, 0.29) is 12.2 Å². The van der Waals surface area contributed by atoms with E-state index in [4.69, 9.17) is 10.3 Å². The third-order valence-electron chi connectivity index (χ3n) is 3.21. The maximum absolute atomic E-state index is 13.6. The number of hydrogen-bond donors (Lipinski definition) is 1. The van der Waals surface area contributed by atoms with Gasteiger partial charge in [-0.1, -0.05) is 53.7 Å². The number of nitrogens with zero attached hydrogens (tertiary/aromatic N) is 2. The first-order valence-electron chi connectivity index (χ1n) is 6.60. The van der Waals surface area contributed by atoms with Gasteiger partial charge in [-0.25, -0.2) is 4.39 Å². The average molecular weight is 283 g/mol. The molecule has 0 spiro atoms. The molecule has 106 valence electrons. The summed E-state index contributed by atoms with van der Waals surface area (Å²) in [5, 5.41) is 3.87. The lowest BCUT2D eigenvalue weighted by atomic mass is 10.1. The fourth-order valence-corrected chi connectivity index (χ4v) is 2.08. The molecule has 0 bridgehead atoms. The third-order valence-corrected chi connectivity index (χ3v) is 3.21. The SMILES string of the molecule is N[C@H](c1ccccc1)c1nc(Cc2ccccc2F)no1. The van der Waals surface area contributed by atoms with E-state index in [2.05, 4.69) is 10.1 Å². The lowest BCUT2D eigenvalue weighted by molar-refractivity contribution is 0.363. The molecule has 0 aliphatic carbocycles. The van der Waals surface area contributed by atoms with Crippen LogP contribution < -0.4 is 5.73 Å². The van der Waals surface area contributed by atoms with Gasteiger partial charge in [0.1, 0.15) is 11.9 Å². The molecule has 0 saturated carbocycles. The van der Waals surface area contributed by atoms with Crippen molar-refractivity contribution in [3.63, 3.8) is 0 Å². The Morgan fingerprint density at radius 3 is 2.52 bits per heavy atom. The molecule has 5 heteroatoms. The molecule has 21 heavy (non-hydrogen) atoms. The highest BCUT2D eigenvalue weighted by atomic mass is 19.1. The van der Waals surface area contributed by atoms with Crippen LogP contribution in [0.3, 0.4) is 0 Å². The van der Waals surface area contributed by atoms with E-state index in [1.807, 2.05) is 30.3 Å². The molecule has 1 aromatic heterocycles. The van der Waals surface area contributed by atoms with Gasteiger partial charge in [0, 0.05) is 6.42 Å². The molecule has 0 aliphatic rings. The van der Waals surface area contributed by atoms with Gasteiger partial charge in [0.15, 0.2) is 5.82 Å². The molecule has 4 nitrogen and oxygen atoms in total. The monoisotopic (exact) mass is 283 g/mol. The van der Waals surface area contributed by atoms with Crippen molar-refractivity contribution < 1.29 is 8.91 Å². The molecule has 0 unspecified atom stereocenters. The van der Waals surface area contributed by atoms with Crippen molar-refractivity contribution in [3.05, 3.63) is 83.3 Å². The first-order chi connectivity index (χ1) is 10.2. The minimum atomic E-state index is -0.479. The molecule has 2 N–H and O–H groups in total. The summed E-state index contributed by atoms with van der Waals surface area (Å²) in [6.07, 6.45) is 0.275. The summed E-state index contributed by atoms with van der Waals surface area (Å²) in [6, 6.07) is 15.5. The smallest absolute Gasteiger partial charge is 0.248 e. The molecule has 1 atom stereocenters. The van der Waals surface area contributed by atoms with Crippen molar-refractivity contribution in [1.82, 2.24) is 10.1 Å². The van der Waals surface area contributed by atoms with Gasteiger partial charge in [0.2, 0.25) is 5.89 Å². The number of aromatic nitrogens is 2. The summed E-state index contributed by atoms with van der Waals surface area (Å²) in [5.74, 6) is 0.463. The molecular formula is C16H14FN3O. The molecule has 0 radical (unpaired) electrons. The van der Waals surface area contributed by atoms with E-state index < -0.39 is 6.04 Å². The van der Waals surface area contributed by atoms with E-state index in [9.17, 15) is 4.39 Å². The number of halogens is 1. The van der Waals surface area contributed by atoms with Crippen molar-refractivity contribution in [3.8, 4) is 0 Å². The van der Waals surface area contributed by atoms with E-state index in [0.29, 0.717) is 17.3 Å². The van der Waals surface area contributed by atoms with Crippen LogP contribution in [0.4, 0.5) is 4.39 Å². The first kappa shape index (κ1) is 13.5. The highest BCUT2D eigenvalue weighted by Gasteiger charge is 2.17. The van der Waals surface area contributed by atoms with E-state index in [1.165, 1.54) is 6.07 Å². The van der Waals surface area contributed by atoms with Crippen LogP contribution in [0.25, 0.3) is 0 Å². The van der Waals surface area contributed by atoms with Gasteiger partial charge in [-0.2, -0.15) is 4.98 Å². The quantitative estimate of drug-likeness (QED) is 0.799. The van der Waals surface area contributed by atoms with Crippen LogP contribution >= 0.6 is 0 Å². The average Bonchev–Trinajstić information content (AvgIpc) is 2.98. The Morgan fingerprint density at radius 2 is 1.76 bits per heavy atom. The van der Waals surface area contributed by atoms with Crippen molar-refractivity contribution in [2.45, 2.75) is 12.5 Å². The van der Waals surface area contributed by atoms with Gasteiger partial charge in [0.05, 0.1) is 0 Å². The van der Waals surface area contributed by atoms with Gasteiger partial charge in [-0.05, 0) is 17.2 Å². The normalized spacial score (nSPS) is 12.3. The van der Waals surface area contributed by atoms with Gasteiger partial charge >= 0.3 is 0 Å². The second kappa shape index (κ2) is 5.85. The number of benzene rings is 2. The summed E-state index contributed by atoms with van der Waals surface area (Å²) >= 11 is 0. The lowest BCUT2D eigenvalue weighted by Crippen LogP contribution is -2.12. The fourth-order valence-electron chi connectivity index (χ4n) is 2.08. The molecule has 3 aromatic rings. The van der Waals surface area contributed by atoms with Crippen LogP contribution in [0.1, 0.15) is 28.9 Å². The van der Waals surface area contributed by atoms with E-state index >= 15 is 0 Å². The van der Waals surface area contributed by atoms with E-state index in [1.54, 1.807) is 18.2 Å². The molecule has 0 aliphatic heterocycles. The Kier molecular flexibility index (Phi) is 3.75. The van der Waals surface area contributed by atoms with Crippen molar-refractivity contribution in [1.29, 1.82) is 0 Å². The number of nitrogens with two attached hydrogens (primary N) is 1. The van der Waals surface area contributed by atoms with Crippen LogP contribution in [-0.2, 0) is 6.42 Å². The Hall–Kier alpha value is -2.53. The highest BCUT2D eigenvalue weighted by Crippen LogP contribution is 2.18. The van der Waals surface area contributed by atoms with Crippen molar-refractivity contribution in [2.24, 2.45) is 5.73 Å². The zero-order valence-corrected chi connectivity index (χ0v) is 11.2. The van der Waals surface area contributed by atoms with Crippen LogP contribution in [0, 0.1) is 5.82 Å². The van der Waals surface area contributed by atoms with Gasteiger partial charge < -0.3 is 10.3 Å². The van der Waals surface area contributed by atoms with Gasteiger partial charge in [0.25, 0.3) is 0 Å². The molecule has 2 aromatic carbocycles. The predicted octanol–water partition coefficient (Wildman–Crippen LogP) is 2.85. The zero-order valence-electron chi connectivity index (χ0n) is 11.2. The Morgan fingerprint density at radius 1 is 1.05 bits per heavy atom. The van der Waals surface area contributed by atoms with Gasteiger partial charge in [-0.3, -0.25) is 0 Å². The molecule has 0 saturated heterocycles. The van der Waals surface area contributed by atoms with Crippen molar-refractivity contribution in [2.75, 3.05) is 0 Å². The topological polar surface area (TPSA) is 64.9 Å². The Labute approximate surface area is 121 Å². The van der Waals surface area contributed by atoms with Crippen molar-refractivity contribution >= 4 is 0 Å². The van der Waals surface area contributed by atoms with Crippen LogP contribution in [0.2, 0.25) is 0 Å². The summed E-state index contributed by atoms with van der Waals surface area (Å²) in [6.45, 7) is 0. The second-order valence-electron chi connectivity index (χ2n) is 4.71. The summed E-state index contributed by atoms with van der Waals surface area (Å²) in [4.78, 5) is 4.25. The number of rotatable bonds is 4. The van der Waals surface area contributed by atoms with Crippen LogP contribution in [0.5, 0.6) is 0 Å². The summed E-state index contributed by atoms with van der Waals surface area (Å²) in [5.41, 5.74) is 7.50. The van der Waals surface area contributed by atoms with Crippen LogP contribution in [-0.4, -0.2) is 10.1 Å². The second-order valence-corrected chi connectivity index (χ2v) is 4.71. The standard InChI is InChI=1S/C16H14FN3O/c17-13-9-5-4-8-12(13)10-14-19-16(21-20-14)15(18)11-6-2-1-3-7-11/h1-9,15H,10,18H2/t15-/m1/s1. The third kappa shape index (κ3) is 2.98. The van der Waals surface area contributed by atoms with E-state index in [0.717, 1.165) is 5.56 Å². The maximum atomic E-state index is 13.6. The summed E-state index contributed by atoms with van der Waals surface area (Å²) < 4.78 is 18.8. The Bertz CT molecular complexity index is 727. The largest absolute Gasteiger partial charge is 0.337 e. The molecule has 0 amide bonds. The molecular weight excluding hydrogens is 269 g/mol. The highest BCUT2D eigenvalue weighted by molar-refractivity contribution is 5.24. The lowest BCUT2D eigenvalue weighted by Gasteiger charge is -2.05. The minimum Gasteiger partial charge on any atom is -0.337 e. The molecule has 1 heterocycles. The van der Waals surface area contributed by atoms with Crippen LogP contribution in [0.15, 0.2) is 59.1 Å². The number of hydrogen-bond acceptors (Lipinski definition) is 4. The fraction of sp³-hybridized carbons (Fsp3) is 0.125. The maximum Gasteiger partial charge on any atom is 0.248 e. The molecule has 0 fully saturated rings. The first-order valence-corrected chi connectivity index (χ1v) is 6.60. The van der Waals surface area contributed by atoms with Gasteiger partial charge in [-0.15, -0.1) is 0 Å². The molecule has 3 rings (SSSR count). The Balaban J connectivity index is 1.79.